The second-order valence-electron chi connectivity index (χ2n) is 5.41. The van der Waals surface area contributed by atoms with Gasteiger partial charge in [0.2, 0.25) is 0 Å². The summed E-state index contributed by atoms with van der Waals surface area (Å²) >= 11 is 5.88. The van der Waals surface area contributed by atoms with Crippen molar-refractivity contribution in [2.24, 2.45) is 0 Å². The molecule has 1 amide bonds. The van der Waals surface area contributed by atoms with Crippen LogP contribution in [0.2, 0.25) is 5.02 Å². The van der Waals surface area contributed by atoms with E-state index in [-0.39, 0.29) is 5.91 Å². The maximum Gasteiger partial charge on any atom is 0.255 e. The lowest BCUT2D eigenvalue weighted by Gasteiger charge is -2.12. The van der Waals surface area contributed by atoms with E-state index in [0.717, 1.165) is 12.1 Å². The van der Waals surface area contributed by atoms with Crippen LogP contribution < -0.4 is 15.4 Å². The van der Waals surface area contributed by atoms with E-state index in [1.54, 1.807) is 19.2 Å². The van der Waals surface area contributed by atoms with Gasteiger partial charge < -0.3 is 20.1 Å². The Labute approximate surface area is 153 Å². The van der Waals surface area contributed by atoms with Crippen molar-refractivity contribution in [2.45, 2.75) is 6.61 Å². The molecule has 0 atom stereocenters. The Kier molecular flexibility index (Phi) is 8.25. The quantitative estimate of drug-likeness (QED) is 0.638. The van der Waals surface area contributed by atoms with Gasteiger partial charge in [0.15, 0.2) is 0 Å². The van der Waals surface area contributed by atoms with E-state index < -0.39 is 0 Å². The smallest absolute Gasteiger partial charge is 0.255 e. The van der Waals surface area contributed by atoms with Gasteiger partial charge >= 0.3 is 0 Å². The molecule has 0 aliphatic carbocycles. The van der Waals surface area contributed by atoms with Gasteiger partial charge in [0, 0.05) is 31.8 Å². The molecule has 5 nitrogen and oxygen atoms in total. The van der Waals surface area contributed by atoms with Gasteiger partial charge in [0.1, 0.15) is 12.4 Å². The van der Waals surface area contributed by atoms with Crippen molar-refractivity contribution >= 4 is 17.5 Å². The van der Waals surface area contributed by atoms with Gasteiger partial charge in [-0.05, 0) is 29.8 Å². The molecule has 0 bridgehead atoms. The predicted octanol–water partition coefficient (Wildman–Crippen LogP) is 2.88. The fourth-order valence-corrected chi connectivity index (χ4v) is 2.31. The molecule has 6 heteroatoms. The minimum Gasteiger partial charge on any atom is -0.488 e. The normalized spacial score (nSPS) is 10.5. The SMILES string of the molecule is COCCNCCNC(=O)c1ccccc1OCc1ccc(Cl)cc1. The third-order valence-corrected chi connectivity index (χ3v) is 3.76. The van der Waals surface area contributed by atoms with Crippen LogP contribution in [-0.2, 0) is 11.3 Å². The monoisotopic (exact) mass is 362 g/mol. The highest BCUT2D eigenvalue weighted by molar-refractivity contribution is 6.30. The minimum atomic E-state index is -0.153. The van der Waals surface area contributed by atoms with Gasteiger partial charge in [-0.1, -0.05) is 35.9 Å². The second kappa shape index (κ2) is 10.7. The Bertz CT molecular complexity index is 662. The zero-order valence-electron chi connectivity index (χ0n) is 14.3. The number of methoxy groups -OCH3 is 1. The molecule has 0 aliphatic rings. The molecule has 25 heavy (non-hydrogen) atoms. The minimum absolute atomic E-state index is 0.153. The number of hydrogen-bond donors (Lipinski definition) is 2. The molecule has 0 spiro atoms. The molecule has 0 unspecified atom stereocenters. The number of nitrogens with one attached hydrogen (secondary N) is 2. The Morgan fingerprint density at radius 2 is 1.80 bits per heavy atom. The van der Waals surface area contributed by atoms with Crippen LogP contribution in [0, 0.1) is 0 Å². The van der Waals surface area contributed by atoms with Crippen molar-refractivity contribution in [1.82, 2.24) is 10.6 Å². The van der Waals surface area contributed by atoms with Crippen molar-refractivity contribution in [1.29, 1.82) is 0 Å². The summed E-state index contributed by atoms with van der Waals surface area (Å²) in [4.78, 5) is 12.3. The zero-order valence-corrected chi connectivity index (χ0v) is 15.0. The lowest BCUT2D eigenvalue weighted by molar-refractivity contribution is 0.0949. The molecule has 0 aromatic heterocycles. The van der Waals surface area contributed by atoms with Crippen LogP contribution in [-0.4, -0.2) is 39.3 Å². The first-order valence-corrected chi connectivity index (χ1v) is 8.52. The van der Waals surface area contributed by atoms with E-state index >= 15 is 0 Å². The highest BCUT2D eigenvalue weighted by Gasteiger charge is 2.11. The van der Waals surface area contributed by atoms with Gasteiger partial charge in [-0.25, -0.2) is 0 Å². The fourth-order valence-electron chi connectivity index (χ4n) is 2.18. The fraction of sp³-hybridized carbons (Fsp3) is 0.316. The van der Waals surface area contributed by atoms with Gasteiger partial charge in [0.05, 0.1) is 12.2 Å². The molecule has 2 aromatic carbocycles. The second-order valence-corrected chi connectivity index (χ2v) is 5.85. The average Bonchev–Trinajstić information content (AvgIpc) is 2.64. The number of carbonyl (C=O) groups excluding carboxylic acids is 1. The first kappa shape index (κ1) is 19.2. The molecule has 2 N–H and O–H groups in total. The topological polar surface area (TPSA) is 59.6 Å². The van der Waals surface area contributed by atoms with Crippen molar-refractivity contribution in [2.75, 3.05) is 33.4 Å². The molecule has 134 valence electrons. The molecule has 0 fully saturated rings. The maximum atomic E-state index is 12.3. The number of ether oxygens (including phenoxy) is 2. The van der Waals surface area contributed by atoms with Gasteiger partial charge in [0.25, 0.3) is 5.91 Å². The molecular formula is C19H23ClN2O3. The van der Waals surface area contributed by atoms with Crippen molar-refractivity contribution in [3.63, 3.8) is 0 Å². The Morgan fingerprint density at radius 1 is 1.04 bits per heavy atom. The summed E-state index contributed by atoms with van der Waals surface area (Å²) in [7, 11) is 1.66. The number of carbonyl (C=O) groups is 1. The van der Waals surface area contributed by atoms with Crippen molar-refractivity contribution < 1.29 is 14.3 Å². The highest BCUT2D eigenvalue weighted by atomic mass is 35.5. The van der Waals surface area contributed by atoms with E-state index in [2.05, 4.69) is 10.6 Å². The Balaban J connectivity index is 1.86. The molecular weight excluding hydrogens is 340 g/mol. The van der Waals surface area contributed by atoms with Gasteiger partial charge in [-0.3, -0.25) is 4.79 Å². The van der Waals surface area contributed by atoms with Gasteiger partial charge in [-0.2, -0.15) is 0 Å². The number of rotatable bonds is 10. The van der Waals surface area contributed by atoms with Crippen molar-refractivity contribution in [3.8, 4) is 5.75 Å². The van der Waals surface area contributed by atoms with Crippen LogP contribution in [0.3, 0.4) is 0 Å². The molecule has 0 radical (unpaired) electrons. The summed E-state index contributed by atoms with van der Waals surface area (Å²) < 4.78 is 10.8. The lowest BCUT2D eigenvalue weighted by Crippen LogP contribution is -2.33. The molecule has 0 saturated carbocycles. The Hall–Kier alpha value is -2.08. The summed E-state index contributed by atoms with van der Waals surface area (Å²) in [6.45, 7) is 3.00. The van der Waals surface area contributed by atoms with E-state index in [1.807, 2.05) is 36.4 Å². The first-order valence-electron chi connectivity index (χ1n) is 8.15. The standard InChI is InChI=1S/C19H23ClN2O3/c1-24-13-12-21-10-11-22-19(23)17-4-2-3-5-18(17)25-14-15-6-8-16(20)9-7-15/h2-9,21H,10-14H2,1H3,(H,22,23). The Morgan fingerprint density at radius 3 is 2.56 bits per heavy atom. The maximum absolute atomic E-state index is 12.3. The van der Waals surface area contributed by atoms with E-state index in [4.69, 9.17) is 21.1 Å². The average molecular weight is 363 g/mol. The number of hydrogen-bond acceptors (Lipinski definition) is 4. The lowest BCUT2D eigenvalue weighted by atomic mass is 10.2. The summed E-state index contributed by atoms with van der Waals surface area (Å²) in [5.41, 5.74) is 1.51. The third kappa shape index (κ3) is 6.74. The largest absolute Gasteiger partial charge is 0.488 e. The van der Waals surface area contributed by atoms with Crippen LogP contribution >= 0.6 is 11.6 Å². The van der Waals surface area contributed by atoms with E-state index in [0.29, 0.717) is 42.6 Å². The number of para-hydroxylation sites is 1. The molecule has 0 saturated heterocycles. The third-order valence-electron chi connectivity index (χ3n) is 3.51. The van der Waals surface area contributed by atoms with Crippen LogP contribution in [0.4, 0.5) is 0 Å². The van der Waals surface area contributed by atoms with E-state index in [9.17, 15) is 4.79 Å². The first-order chi connectivity index (χ1) is 12.2. The van der Waals surface area contributed by atoms with Crippen LogP contribution in [0.15, 0.2) is 48.5 Å². The summed E-state index contributed by atoms with van der Waals surface area (Å²) in [6, 6.07) is 14.6. The summed E-state index contributed by atoms with van der Waals surface area (Å²) in [6.07, 6.45) is 0. The van der Waals surface area contributed by atoms with Crippen LogP contribution in [0.1, 0.15) is 15.9 Å². The van der Waals surface area contributed by atoms with Crippen LogP contribution in [0.5, 0.6) is 5.75 Å². The number of halogens is 1. The van der Waals surface area contributed by atoms with Crippen molar-refractivity contribution in [3.05, 3.63) is 64.7 Å². The molecule has 2 rings (SSSR count). The van der Waals surface area contributed by atoms with E-state index in [1.165, 1.54) is 0 Å². The molecule has 2 aromatic rings. The summed E-state index contributed by atoms with van der Waals surface area (Å²) in [5, 5.41) is 6.74. The van der Waals surface area contributed by atoms with Gasteiger partial charge in [-0.15, -0.1) is 0 Å². The molecule has 0 heterocycles. The number of amides is 1. The van der Waals surface area contributed by atoms with Crippen LogP contribution in [0.25, 0.3) is 0 Å². The number of benzene rings is 2. The zero-order chi connectivity index (χ0) is 17.9. The summed E-state index contributed by atoms with van der Waals surface area (Å²) in [5.74, 6) is 0.405. The molecule has 0 aliphatic heterocycles. The predicted molar refractivity (Wildman–Crippen MR) is 99.3 cm³/mol. The highest BCUT2D eigenvalue weighted by Crippen LogP contribution is 2.20.